The third-order valence-corrected chi connectivity index (χ3v) is 8.47. The molecule has 0 aliphatic rings. The summed E-state index contributed by atoms with van der Waals surface area (Å²) in [6, 6.07) is 38.6. The number of hydrogen-bond donors (Lipinski definition) is 0. The molecule has 0 atom stereocenters. The average molecular weight is 804 g/mol. The maximum Gasteiger partial charge on any atom is 0.152 e. The first-order valence-corrected chi connectivity index (χ1v) is 15.5. The Morgan fingerprint density at radius 3 is 1.98 bits per heavy atom. The molecule has 0 saturated heterocycles. The molecule has 3 aromatic heterocycles. The number of benzene rings is 4. The van der Waals surface area contributed by atoms with Crippen molar-refractivity contribution in [2.45, 2.75) is 26.2 Å². The second-order valence-corrected chi connectivity index (χ2v) is 12.7. The molecule has 7 rings (SSSR count). The van der Waals surface area contributed by atoms with E-state index in [0.29, 0.717) is 11.1 Å². The maximum atomic E-state index is 9.95. The molecule has 0 spiro atoms. The molecule has 3 heterocycles. The van der Waals surface area contributed by atoms with Crippen LogP contribution in [0.2, 0.25) is 0 Å². The molecule has 4 nitrogen and oxygen atoms in total. The molecule has 0 amide bonds. The summed E-state index contributed by atoms with van der Waals surface area (Å²) in [7, 11) is 8.18. The molecule has 4 aromatic carbocycles. The third-order valence-electron chi connectivity index (χ3n) is 8.47. The van der Waals surface area contributed by atoms with Gasteiger partial charge in [0, 0.05) is 50.5 Å². The van der Waals surface area contributed by atoms with Crippen LogP contribution in [0.25, 0.3) is 55.6 Å². The Bertz CT molecular complexity index is 2290. The number of hydrogen-bond acceptors (Lipinski definition) is 2. The summed E-state index contributed by atoms with van der Waals surface area (Å²) in [6.45, 7) is 14.9. The predicted octanol–water partition coefficient (Wildman–Crippen LogP) is 9.66. The van der Waals surface area contributed by atoms with Gasteiger partial charge >= 0.3 is 0 Å². The van der Waals surface area contributed by atoms with Crippen LogP contribution in [0.15, 0.2) is 126 Å². The minimum atomic E-state index is 0. The Balaban J connectivity index is 0.000000205. The summed E-state index contributed by atoms with van der Waals surface area (Å²) < 4.78 is 10.1. The van der Waals surface area contributed by atoms with Crippen molar-refractivity contribution in [3.8, 4) is 39.7 Å². The number of rotatable bonds is 3. The molecule has 0 unspecified atom stereocenters. The van der Waals surface area contributed by atoms with Gasteiger partial charge in [-0.2, -0.15) is 42.4 Å². The van der Waals surface area contributed by atoms with Gasteiger partial charge in [-0.05, 0) is 22.6 Å². The zero-order valence-electron chi connectivity index (χ0n) is 27.5. The Morgan fingerprint density at radius 1 is 0.646 bits per heavy atom. The molecule has 0 N–H and O–H groups in total. The Labute approximate surface area is 297 Å². The van der Waals surface area contributed by atoms with Crippen LogP contribution in [0.3, 0.4) is 0 Å². The van der Waals surface area contributed by atoms with E-state index in [1.165, 1.54) is 5.56 Å². The second kappa shape index (κ2) is 13.8. The largest absolute Gasteiger partial charge is 0.468 e. The van der Waals surface area contributed by atoms with E-state index < -0.39 is 0 Å². The number of furan rings is 1. The summed E-state index contributed by atoms with van der Waals surface area (Å²) in [6.07, 6.45) is 3.99. The molecular weight excluding hydrogens is 767 g/mol. The van der Waals surface area contributed by atoms with Gasteiger partial charge in [-0.15, -0.1) is 23.8 Å². The van der Waals surface area contributed by atoms with Crippen molar-refractivity contribution in [1.82, 2.24) is 0 Å². The summed E-state index contributed by atoms with van der Waals surface area (Å²) in [4.78, 5) is 0. The van der Waals surface area contributed by atoms with E-state index in [9.17, 15) is 5.26 Å². The summed E-state index contributed by atoms with van der Waals surface area (Å²) in [5.74, 6) is 0. The number of fused-ring (bicyclic) bond motifs is 3. The van der Waals surface area contributed by atoms with Gasteiger partial charge in [-0.3, -0.25) is 0 Å². The molecule has 0 fully saturated rings. The van der Waals surface area contributed by atoms with E-state index in [-0.39, 0.29) is 25.5 Å². The van der Waals surface area contributed by atoms with Crippen LogP contribution in [0.4, 0.5) is 0 Å². The van der Waals surface area contributed by atoms with E-state index in [1.807, 2.05) is 102 Å². The molecule has 0 bridgehead atoms. The van der Waals surface area contributed by atoms with Crippen molar-refractivity contribution < 1.29 is 33.7 Å². The van der Waals surface area contributed by atoms with Crippen molar-refractivity contribution in [3.05, 3.63) is 172 Å². The van der Waals surface area contributed by atoms with Gasteiger partial charge in [-0.1, -0.05) is 99.1 Å². The fourth-order valence-electron chi connectivity index (χ4n) is 5.90. The molecule has 241 valence electrons. The summed E-state index contributed by atoms with van der Waals surface area (Å²) in [5.41, 5.74) is 11.0. The third kappa shape index (κ3) is 6.42. The van der Waals surface area contributed by atoms with E-state index in [1.54, 1.807) is 4.57 Å². The topological polar surface area (TPSA) is 44.7 Å². The van der Waals surface area contributed by atoms with Crippen LogP contribution in [-0.2, 0) is 25.5 Å². The first-order valence-electron chi connectivity index (χ1n) is 15.5. The fourth-order valence-corrected chi connectivity index (χ4v) is 5.90. The van der Waals surface area contributed by atoms with Crippen LogP contribution in [-0.4, -0.2) is 0 Å². The van der Waals surface area contributed by atoms with E-state index >= 15 is 0 Å². The van der Waals surface area contributed by atoms with Crippen molar-refractivity contribution >= 4 is 21.9 Å². The standard InChI is InChI=1S/C26H17N2O.C17H20N.Ir/c1-17-11-12-21-20-14-13-19(18-8-4-3-5-9-18)22(16-27)25(20)29-26(21)24(17)23-10-6-7-15-28(23)2;1-13-8-6-7-9-15(13)16-11-10-14(12-18(16)5)17(2,3)4;/h3-15H,1-2H2;6-12H,1,5H2,2-4H3;/q2*-1;. The van der Waals surface area contributed by atoms with Crippen molar-refractivity contribution in [1.29, 1.82) is 5.26 Å². The minimum Gasteiger partial charge on any atom is -0.468 e. The van der Waals surface area contributed by atoms with Gasteiger partial charge < -0.3 is 13.6 Å². The quantitative estimate of drug-likeness (QED) is 0.132. The Hall–Kier alpha value is -5.40. The number of nitriles is 1. The van der Waals surface area contributed by atoms with Gasteiger partial charge in [-0.25, -0.2) is 0 Å². The summed E-state index contributed by atoms with van der Waals surface area (Å²) in [5, 5.41) is 11.8. The van der Waals surface area contributed by atoms with Crippen LogP contribution in [0.5, 0.6) is 0 Å². The molecule has 7 aromatic rings. The van der Waals surface area contributed by atoms with Crippen molar-refractivity contribution in [3.63, 3.8) is 0 Å². The second-order valence-electron chi connectivity index (χ2n) is 12.7. The molecular formula is C43H37IrN3O-2. The molecule has 0 aliphatic carbocycles. The Kier molecular flexibility index (Phi) is 9.73. The molecule has 5 heteroatoms. The molecule has 1 radical (unpaired) electrons. The van der Waals surface area contributed by atoms with Gasteiger partial charge in [0.2, 0.25) is 0 Å². The van der Waals surface area contributed by atoms with Gasteiger partial charge in [0.15, 0.2) is 5.58 Å². The van der Waals surface area contributed by atoms with Crippen molar-refractivity contribution in [2.24, 2.45) is 0 Å². The van der Waals surface area contributed by atoms with Gasteiger partial charge in [0.25, 0.3) is 0 Å². The monoisotopic (exact) mass is 804 g/mol. The number of pyridine rings is 2. The van der Waals surface area contributed by atoms with Crippen LogP contribution < -0.4 is 9.13 Å². The summed E-state index contributed by atoms with van der Waals surface area (Å²) >= 11 is 0. The van der Waals surface area contributed by atoms with E-state index in [4.69, 9.17) is 4.42 Å². The zero-order valence-corrected chi connectivity index (χ0v) is 29.9. The molecule has 0 aliphatic heterocycles. The number of nitrogens with zero attached hydrogens (tertiary/aromatic N) is 3. The van der Waals surface area contributed by atoms with E-state index in [2.05, 4.69) is 79.2 Å². The van der Waals surface area contributed by atoms with Crippen molar-refractivity contribution in [2.75, 3.05) is 0 Å². The first kappa shape index (κ1) is 33.9. The molecule has 48 heavy (non-hydrogen) atoms. The fraction of sp³-hybridized carbons (Fsp3) is 0.0930. The van der Waals surface area contributed by atoms with Crippen LogP contribution in [0.1, 0.15) is 43.0 Å². The average Bonchev–Trinajstić information content (AvgIpc) is 3.44. The van der Waals surface area contributed by atoms with Crippen LogP contribution >= 0.6 is 0 Å². The zero-order chi connectivity index (χ0) is 33.3. The molecule has 0 saturated carbocycles. The van der Waals surface area contributed by atoms with E-state index in [0.717, 1.165) is 61.1 Å². The normalized spacial score (nSPS) is 11.0. The predicted molar refractivity (Wildman–Crippen MR) is 191 cm³/mol. The van der Waals surface area contributed by atoms with Gasteiger partial charge in [0.1, 0.15) is 11.6 Å². The smallest absolute Gasteiger partial charge is 0.152 e. The van der Waals surface area contributed by atoms with Gasteiger partial charge in [0.05, 0.1) is 29.4 Å². The maximum absolute atomic E-state index is 9.95. The minimum absolute atomic E-state index is 0. The first-order chi connectivity index (χ1) is 22.6. The van der Waals surface area contributed by atoms with Crippen LogP contribution in [0, 0.1) is 39.3 Å². The number of aromatic nitrogens is 2. The SMILES string of the molecule is [CH2-]c1ccc2c(oc3c(C#N)c(-c4ccccc4)ccc32)c1-c1cccc[n+]1[CH2-].[CH2-]c1ccccc1-c1ccc(C(C)(C)C)c[n+]1[CH2-].[Ir]. The Morgan fingerprint density at radius 2 is 1.31 bits per heavy atom.